The standard InChI is InChI=1S/C19H17ClFN5O3/c1-11-4-5-12(20)8-15(11)22-18(27)16-10-26(24-23-16)13-6-7-14(21)17(9-13)29-19(28)25(2)3/h4-10H,1-3H3,(H,22,27). The van der Waals surface area contributed by atoms with Gasteiger partial charge in [-0.3, -0.25) is 4.79 Å². The van der Waals surface area contributed by atoms with Crippen LogP contribution in [0.25, 0.3) is 5.69 Å². The molecule has 3 rings (SSSR count). The lowest BCUT2D eigenvalue weighted by Gasteiger charge is -2.12. The molecule has 2 aromatic carbocycles. The predicted octanol–water partition coefficient (Wildman–Crippen LogP) is 3.68. The Bertz CT molecular complexity index is 1080. The molecule has 2 amide bonds. The Labute approximate surface area is 170 Å². The minimum atomic E-state index is -0.725. The summed E-state index contributed by atoms with van der Waals surface area (Å²) < 4.78 is 20.2. The number of anilines is 1. The number of ether oxygens (including phenoxy) is 1. The van der Waals surface area contributed by atoms with Gasteiger partial charge >= 0.3 is 6.09 Å². The van der Waals surface area contributed by atoms with E-state index in [0.717, 1.165) is 11.6 Å². The first-order valence-electron chi connectivity index (χ1n) is 8.43. The number of rotatable bonds is 4. The number of hydrogen-bond acceptors (Lipinski definition) is 5. The van der Waals surface area contributed by atoms with Crippen LogP contribution in [0.3, 0.4) is 0 Å². The summed E-state index contributed by atoms with van der Waals surface area (Å²) in [6.45, 7) is 1.83. The molecule has 29 heavy (non-hydrogen) atoms. The number of nitrogens with zero attached hydrogens (tertiary/aromatic N) is 4. The highest BCUT2D eigenvalue weighted by Crippen LogP contribution is 2.23. The summed E-state index contributed by atoms with van der Waals surface area (Å²) in [4.78, 5) is 25.3. The van der Waals surface area contributed by atoms with E-state index in [2.05, 4.69) is 15.6 Å². The number of benzene rings is 2. The summed E-state index contributed by atoms with van der Waals surface area (Å²) in [5.41, 5.74) is 1.79. The summed E-state index contributed by atoms with van der Waals surface area (Å²) in [5, 5.41) is 10.9. The van der Waals surface area contributed by atoms with E-state index in [1.807, 2.05) is 6.92 Å². The highest BCUT2D eigenvalue weighted by Gasteiger charge is 2.16. The van der Waals surface area contributed by atoms with Crippen LogP contribution in [0, 0.1) is 12.7 Å². The van der Waals surface area contributed by atoms with Crippen LogP contribution in [0.1, 0.15) is 16.1 Å². The molecule has 150 valence electrons. The van der Waals surface area contributed by atoms with Crippen molar-refractivity contribution in [1.82, 2.24) is 19.9 Å². The summed E-state index contributed by atoms with van der Waals surface area (Å²) in [7, 11) is 2.96. The zero-order valence-corrected chi connectivity index (χ0v) is 16.6. The smallest absolute Gasteiger partial charge is 0.407 e. The molecule has 0 radical (unpaired) electrons. The van der Waals surface area contributed by atoms with Gasteiger partial charge in [-0.05, 0) is 36.8 Å². The Morgan fingerprint density at radius 1 is 1.21 bits per heavy atom. The van der Waals surface area contributed by atoms with Gasteiger partial charge in [0.1, 0.15) is 0 Å². The van der Waals surface area contributed by atoms with Gasteiger partial charge in [-0.1, -0.05) is 22.9 Å². The molecule has 0 spiro atoms. The van der Waals surface area contributed by atoms with Gasteiger partial charge < -0.3 is 15.0 Å². The lowest BCUT2D eigenvalue weighted by atomic mass is 10.2. The number of halogens is 2. The molecule has 0 aliphatic heterocycles. The number of carbonyl (C=O) groups is 2. The van der Waals surface area contributed by atoms with Crippen molar-refractivity contribution >= 4 is 29.3 Å². The lowest BCUT2D eigenvalue weighted by Crippen LogP contribution is -2.25. The average Bonchev–Trinajstić information content (AvgIpc) is 3.16. The largest absolute Gasteiger partial charge is 0.414 e. The molecule has 1 aromatic heterocycles. The number of nitrogens with one attached hydrogen (secondary N) is 1. The molecule has 0 bridgehead atoms. The fourth-order valence-corrected chi connectivity index (χ4v) is 2.48. The van der Waals surface area contributed by atoms with Crippen LogP contribution in [0.5, 0.6) is 5.75 Å². The maximum absolute atomic E-state index is 13.9. The minimum Gasteiger partial charge on any atom is -0.407 e. The summed E-state index contributed by atoms with van der Waals surface area (Å²) in [5.74, 6) is -1.46. The van der Waals surface area contributed by atoms with Crippen LogP contribution in [-0.4, -0.2) is 46.0 Å². The van der Waals surface area contributed by atoms with Gasteiger partial charge in [-0.15, -0.1) is 5.10 Å². The van der Waals surface area contributed by atoms with Gasteiger partial charge in [0.2, 0.25) is 0 Å². The monoisotopic (exact) mass is 417 g/mol. The highest BCUT2D eigenvalue weighted by atomic mass is 35.5. The number of aryl methyl sites for hydroxylation is 1. The zero-order valence-electron chi connectivity index (χ0n) is 15.8. The fraction of sp³-hybridized carbons (Fsp3) is 0.158. The highest BCUT2D eigenvalue weighted by molar-refractivity contribution is 6.31. The molecule has 0 saturated heterocycles. The lowest BCUT2D eigenvalue weighted by molar-refractivity contribution is 0.102. The normalized spacial score (nSPS) is 10.5. The van der Waals surface area contributed by atoms with Crippen LogP contribution in [0.4, 0.5) is 14.9 Å². The van der Waals surface area contributed by atoms with E-state index in [-0.39, 0.29) is 11.4 Å². The van der Waals surface area contributed by atoms with Crippen LogP contribution >= 0.6 is 11.6 Å². The van der Waals surface area contributed by atoms with Crippen LogP contribution in [-0.2, 0) is 0 Å². The predicted molar refractivity (Wildman–Crippen MR) is 105 cm³/mol. The maximum Gasteiger partial charge on any atom is 0.414 e. The van der Waals surface area contributed by atoms with Crippen LogP contribution < -0.4 is 10.1 Å². The van der Waals surface area contributed by atoms with Crippen LogP contribution in [0.15, 0.2) is 42.6 Å². The minimum absolute atomic E-state index is 0.0422. The second-order valence-corrected chi connectivity index (χ2v) is 6.78. The van der Waals surface area contributed by atoms with Gasteiger partial charge in [0.05, 0.1) is 11.9 Å². The topological polar surface area (TPSA) is 89.4 Å². The number of carbonyl (C=O) groups excluding carboxylic acids is 2. The second-order valence-electron chi connectivity index (χ2n) is 6.34. The van der Waals surface area contributed by atoms with Crippen molar-refractivity contribution in [3.05, 3.63) is 64.7 Å². The summed E-state index contributed by atoms with van der Waals surface area (Å²) in [6, 6.07) is 8.96. The fourth-order valence-electron chi connectivity index (χ4n) is 2.31. The number of aromatic nitrogens is 3. The van der Waals surface area contributed by atoms with E-state index in [4.69, 9.17) is 16.3 Å². The average molecular weight is 418 g/mol. The molecule has 0 unspecified atom stereocenters. The number of amides is 2. The molecule has 0 fully saturated rings. The maximum atomic E-state index is 13.9. The molecular weight excluding hydrogens is 401 g/mol. The third-order valence-corrected chi connectivity index (χ3v) is 4.15. The molecule has 10 heteroatoms. The third-order valence-electron chi connectivity index (χ3n) is 3.92. The first kappa shape index (κ1) is 20.3. The van der Waals surface area contributed by atoms with Gasteiger partial charge in [0.15, 0.2) is 17.3 Å². The van der Waals surface area contributed by atoms with Crippen molar-refractivity contribution in [2.45, 2.75) is 6.92 Å². The van der Waals surface area contributed by atoms with Crippen LogP contribution in [0.2, 0.25) is 5.02 Å². The van der Waals surface area contributed by atoms with E-state index in [1.54, 1.807) is 18.2 Å². The van der Waals surface area contributed by atoms with Crippen molar-refractivity contribution in [2.24, 2.45) is 0 Å². The molecule has 0 aliphatic rings. The van der Waals surface area contributed by atoms with Crippen molar-refractivity contribution in [1.29, 1.82) is 0 Å². The first-order valence-corrected chi connectivity index (χ1v) is 8.81. The molecule has 0 aliphatic carbocycles. The van der Waals surface area contributed by atoms with Crippen molar-refractivity contribution in [3.8, 4) is 11.4 Å². The van der Waals surface area contributed by atoms with Gasteiger partial charge in [-0.2, -0.15) is 0 Å². The van der Waals surface area contributed by atoms with Crippen molar-refractivity contribution < 1.29 is 18.7 Å². The summed E-state index contributed by atoms with van der Waals surface area (Å²) in [6.07, 6.45) is 0.650. The Morgan fingerprint density at radius 2 is 1.97 bits per heavy atom. The van der Waals surface area contributed by atoms with E-state index >= 15 is 0 Å². The van der Waals surface area contributed by atoms with Gasteiger partial charge in [0.25, 0.3) is 5.91 Å². The molecule has 3 aromatic rings. The third kappa shape index (κ3) is 4.69. The van der Waals surface area contributed by atoms with E-state index in [0.29, 0.717) is 16.4 Å². The Hall–Kier alpha value is -3.46. The Morgan fingerprint density at radius 3 is 2.69 bits per heavy atom. The molecule has 1 N–H and O–H groups in total. The zero-order chi connectivity index (χ0) is 21.1. The molecular formula is C19H17ClFN5O3. The number of hydrogen-bond donors (Lipinski definition) is 1. The Kier molecular flexibility index (Phi) is 5.79. The van der Waals surface area contributed by atoms with Gasteiger partial charge in [-0.25, -0.2) is 13.9 Å². The molecule has 0 saturated carbocycles. The molecule has 0 atom stereocenters. The second kappa shape index (κ2) is 8.27. The summed E-state index contributed by atoms with van der Waals surface area (Å²) >= 11 is 5.96. The van der Waals surface area contributed by atoms with Crippen molar-refractivity contribution in [3.63, 3.8) is 0 Å². The SMILES string of the molecule is Cc1ccc(Cl)cc1NC(=O)c1cn(-c2ccc(F)c(OC(=O)N(C)C)c2)nn1. The van der Waals surface area contributed by atoms with E-state index in [9.17, 15) is 14.0 Å². The molecule has 8 nitrogen and oxygen atoms in total. The van der Waals surface area contributed by atoms with Gasteiger partial charge in [0, 0.05) is 30.9 Å². The Balaban J connectivity index is 1.81. The van der Waals surface area contributed by atoms with E-state index < -0.39 is 17.8 Å². The van der Waals surface area contributed by atoms with E-state index in [1.165, 1.54) is 42.0 Å². The molecule has 1 heterocycles. The van der Waals surface area contributed by atoms with Crippen molar-refractivity contribution in [2.75, 3.05) is 19.4 Å². The quantitative estimate of drug-likeness (QED) is 0.699. The first-order chi connectivity index (χ1) is 13.7.